The Hall–Kier alpha value is -2.33. The van der Waals surface area contributed by atoms with Crippen LogP contribution in [-0.2, 0) is 11.3 Å². The van der Waals surface area contributed by atoms with Crippen LogP contribution in [0.4, 0.5) is 5.69 Å². The number of nitrogens with one attached hydrogen (secondary N) is 1. The van der Waals surface area contributed by atoms with Crippen molar-refractivity contribution in [2.75, 3.05) is 10.8 Å². The molecular weight excluding hydrogens is 286 g/mol. The molecule has 0 fully saturated rings. The lowest BCUT2D eigenvalue weighted by molar-refractivity contribution is -0.116. The minimum atomic E-state index is -0.129. The van der Waals surface area contributed by atoms with Gasteiger partial charge in [0, 0.05) is 5.69 Å². The molecule has 0 saturated heterocycles. The van der Waals surface area contributed by atoms with E-state index >= 15 is 0 Å². The molecule has 0 aliphatic rings. The van der Waals surface area contributed by atoms with Crippen molar-refractivity contribution in [3.05, 3.63) is 60.4 Å². The Labute approximate surface area is 127 Å². The maximum absolute atomic E-state index is 12.2. The van der Waals surface area contributed by atoms with Gasteiger partial charge in [-0.05, 0) is 23.8 Å². The number of hydrogen-bond donors (Lipinski definition) is 1. The number of fused-ring (bicyclic) bond motifs is 1. The largest absolute Gasteiger partial charge is 0.345 e. The van der Waals surface area contributed by atoms with Gasteiger partial charge in [0.1, 0.15) is 5.88 Å². The predicted octanol–water partition coefficient (Wildman–Crippen LogP) is 3.33. The molecule has 0 spiro atoms. The minimum Gasteiger partial charge on any atom is -0.345 e. The first-order chi connectivity index (χ1) is 10.3. The summed E-state index contributed by atoms with van der Waals surface area (Å²) in [4.78, 5) is 21.1. The van der Waals surface area contributed by atoms with Crippen LogP contribution >= 0.6 is 11.6 Å². The number of H-pyrrole nitrogens is 1. The van der Waals surface area contributed by atoms with E-state index in [9.17, 15) is 4.79 Å². The summed E-state index contributed by atoms with van der Waals surface area (Å²) in [5.74, 6) is -0.179. The molecular formula is C16H14ClN3O. The summed E-state index contributed by atoms with van der Waals surface area (Å²) in [5, 5.41) is 0. The number of rotatable bonds is 4. The maximum Gasteiger partial charge on any atom is 0.242 e. The second kappa shape index (κ2) is 5.97. The molecule has 0 atom stereocenters. The summed E-state index contributed by atoms with van der Waals surface area (Å²) >= 11 is 5.75. The molecule has 5 heteroatoms. The van der Waals surface area contributed by atoms with Crippen molar-refractivity contribution < 1.29 is 4.79 Å². The zero-order chi connectivity index (χ0) is 14.7. The molecule has 4 nitrogen and oxygen atoms in total. The van der Waals surface area contributed by atoms with Crippen molar-refractivity contribution in [3.8, 4) is 0 Å². The van der Waals surface area contributed by atoms with E-state index in [1.54, 1.807) is 11.2 Å². The van der Waals surface area contributed by atoms with Crippen LogP contribution < -0.4 is 4.90 Å². The topological polar surface area (TPSA) is 49.0 Å². The van der Waals surface area contributed by atoms with Crippen molar-refractivity contribution in [3.63, 3.8) is 0 Å². The number of amides is 1. The van der Waals surface area contributed by atoms with Crippen molar-refractivity contribution in [2.45, 2.75) is 6.54 Å². The average molecular weight is 300 g/mol. The quantitative estimate of drug-likeness (QED) is 0.751. The molecule has 0 aliphatic carbocycles. The van der Waals surface area contributed by atoms with E-state index in [2.05, 4.69) is 9.97 Å². The number of aromatic amines is 1. The first kappa shape index (κ1) is 13.6. The lowest BCUT2D eigenvalue weighted by Gasteiger charge is -2.22. The minimum absolute atomic E-state index is 0.0502. The Balaban J connectivity index is 1.96. The van der Waals surface area contributed by atoms with E-state index in [1.807, 2.05) is 48.5 Å². The van der Waals surface area contributed by atoms with Crippen molar-refractivity contribution in [2.24, 2.45) is 0 Å². The smallest absolute Gasteiger partial charge is 0.242 e. The zero-order valence-corrected chi connectivity index (χ0v) is 12.0. The van der Waals surface area contributed by atoms with Gasteiger partial charge in [-0.2, -0.15) is 0 Å². The molecule has 1 N–H and O–H groups in total. The lowest BCUT2D eigenvalue weighted by Crippen LogP contribution is -2.31. The number of nitrogens with zero attached hydrogens (tertiary/aromatic N) is 2. The van der Waals surface area contributed by atoms with Gasteiger partial charge in [-0.25, -0.2) is 4.98 Å². The summed E-state index contributed by atoms with van der Waals surface area (Å²) in [7, 11) is 0. The van der Waals surface area contributed by atoms with Gasteiger partial charge in [-0.1, -0.05) is 30.3 Å². The van der Waals surface area contributed by atoms with Gasteiger partial charge < -0.3 is 9.88 Å². The fourth-order valence-electron chi connectivity index (χ4n) is 2.25. The number of anilines is 1. The van der Waals surface area contributed by atoms with Gasteiger partial charge in [-0.15, -0.1) is 11.6 Å². The highest BCUT2D eigenvalue weighted by molar-refractivity contribution is 6.29. The fraction of sp³-hybridized carbons (Fsp3) is 0.125. The highest BCUT2D eigenvalue weighted by atomic mass is 35.5. The van der Waals surface area contributed by atoms with E-state index in [0.717, 1.165) is 22.3 Å². The van der Waals surface area contributed by atoms with Gasteiger partial charge in [0.2, 0.25) is 5.91 Å². The number of imidazole rings is 1. The Morgan fingerprint density at radius 3 is 2.76 bits per heavy atom. The van der Waals surface area contributed by atoms with Crippen LogP contribution in [-0.4, -0.2) is 21.8 Å². The van der Waals surface area contributed by atoms with Crippen LogP contribution in [0.3, 0.4) is 0 Å². The van der Waals surface area contributed by atoms with Gasteiger partial charge in [0.15, 0.2) is 0 Å². The van der Waals surface area contributed by atoms with E-state index in [0.29, 0.717) is 6.54 Å². The van der Waals surface area contributed by atoms with Crippen LogP contribution in [0.15, 0.2) is 54.9 Å². The predicted molar refractivity (Wildman–Crippen MR) is 84.4 cm³/mol. The van der Waals surface area contributed by atoms with Crippen LogP contribution in [0.2, 0.25) is 0 Å². The number of aromatic nitrogens is 2. The number of benzene rings is 2. The van der Waals surface area contributed by atoms with E-state index < -0.39 is 0 Å². The Morgan fingerprint density at radius 1 is 1.19 bits per heavy atom. The van der Waals surface area contributed by atoms with Crippen molar-refractivity contribution in [1.29, 1.82) is 0 Å². The van der Waals surface area contributed by atoms with Crippen LogP contribution in [0.5, 0.6) is 0 Å². The molecule has 1 aromatic heterocycles. The highest BCUT2D eigenvalue weighted by Crippen LogP contribution is 2.22. The molecule has 3 aromatic rings. The molecule has 21 heavy (non-hydrogen) atoms. The van der Waals surface area contributed by atoms with E-state index in [1.165, 1.54) is 0 Å². The number of hydrogen-bond acceptors (Lipinski definition) is 2. The standard InChI is InChI=1S/C16H14ClN3O/c17-9-16(21)20(10-12-4-2-1-3-5-12)13-6-7-14-15(8-13)19-11-18-14/h1-8,11H,9-10H2,(H,18,19). The highest BCUT2D eigenvalue weighted by Gasteiger charge is 2.16. The third-order valence-electron chi connectivity index (χ3n) is 3.32. The number of carbonyl (C=O) groups excluding carboxylic acids is 1. The molecule has 1 heterocycles. The third-order valence-corrected chi connectivity index (χ3v) is 3.54. The van der Waals surface area contributed by atoms with Gasteiger partial charge >= 0.3 is 0 Å². The molecule has 3 rings (SSSR count). The monoisotopic (exact) mass is 299 g/mol. The number of carbonyl (C=O) groups is 1. The van der Waals surface area contributed by atoms with Crippen molar-refractivity contribution >= 4 is 34.2 Å². The average Bonchev–Trinajstić information content (AvgIpc) is 3.00. The van der Waals surface area contributed by atoms with Crippen LogP contribution in [0.25, 0.3) is 11.0 Å². The van der Waals surface area contributed by atoms with Gasteiger partial charge in [0.05, 0.1) is 23.9 Å². The van der Waals surface area contributed by atoms with Crippen molar-refractivity contribution in [1.82, 2.24) is 9.97 Å². The third kappa shape index (κ3) is 2.90. The molecule has 0 radical (unpaired) electrons. The Kier molecular flexibility index (Phi) is 3.88. The van der Waals surface area contributed by atoms with E-state index in [4.69, 9.17) is 11.6 Å². The molecule has 106 valence electrons. The van der Waals surface area contributed by atoms with Gasteiger partial charge in [0.25, 0.3) is 0 Å². The zero-order valence-electron chi connectivity index (χ0n) is 11.3. The summed E-state index contributed by atoms with van der Waals surface area (Å²) in [6.07, 6.45) is 1.64. The summed E-state index contributed by atoms with van der Waals surface area (Å²) < 4.78 is 0. The normalized spacial score (nSPS) is 10.7. The fourth-order valence-corrected chi connectivity index (χ4v) is 2.39. The molecule has 0 aliphatic heterocycles. The van der Waals surface area contributed by atoms with Crippen LogP contribution in [0.1, 0.15) is 5.56 Å². The molecule has 1 amide bonds. The first-order valence-corrected chi connectivity index (χ1v) is 7.15. The Morgan fingerprint density at radius 2 is 2.00 bits per heavy atom. The van der Waals surface area contributed by atoms with Crippen LogP contribution in [0, 0.1) is 0 Å². The molecule has 0 saturated carbocycles. The second-order valence-corrected chi connectivity index (χ2v) is 4.97. The molecule has 0 bridgehead atoms. The maximum atomic E-state index is 12.2. The molecule has 0 unspecified atom stereocenters. The number of alkyl halides is 1. The first-order valence-electron chi connectivity index (χ1n) is 6.61. The number of halogens is 1. The SMILES string of the molecule is O=C(CCl)N(Cc1ccccc1)c1ccc2[nH]cnc2c1. The van der Waals surface area contributed by atoms with Gasteiger partial charge in [-0.3, -0.25) is 4.79 Å². The summed E-state index contributed by atoms with van der Waals surface area (Å²) in [6, 6.07) is 15.5. The second-order valence-electron chi connectivity index (χ2n) is 4.70. The summed E-state index contributed by atoms with van der Waals surface area (Å²) in [5.41, 5.74) is 3.62. The summed E-state index contributed by atoms with van der Waals surface area (Å²) in [6.45, 7) is 0.488. The molecule has 2 aromatic carbocycles. The lowest BCUT2D eigenvalue weighted by atomic mass is 10.2. The van der Waals surface area contributed by atoms with E-state index in [-0.39, 0.29) is 11.8 Å². The Bertz CT molecular complexity index is 754.